The van der Waals surface area contributed by atoms with Crippen LogP contribution >= 0.6 is 0 Å². The number of nitrogens with one attached hydrogen (secondary N) is 2. The van der Waals surface area contributed by atoms with E-state index in [-0.39, 0.29) is 29.4 Å². The van der Waals surface area contributed by atoms with Crippen LogP contribution in [0.25, 0.3) is 11.3 Å². The zero-order valence-electron chi connectivity index (χ0n) is 18.1. The molecule has 9 heteroatoms. The number of aromatic nitrogens is 1. The first-order valence-corrected chi connectivity index (χ1v) is 12.4. The zero-order chi connectivity index (χ0) is 23.3. The highest BCUT2D eigenvalue weighted by Gasteiger charge is 2.30. The molecular formula is C24H27N3O5S. The van der Waals surface area contributed by atoms with Gasteiger partial charge in [0, 0.05) is 17.5 Å². The lowest BCUT2D eigenvalue weighted by Crippen LogP contribution is -2.42. The number of sulfonamides is 1. The number of oxazole rings is 1. The quantitative estimate of drug-likeness (QED) is 0.466. The summed E-state index contributed by atoms with van der Waals surface area (Å²) in [6.07, 6.45) is 5.13. The smallest absolute Gasteiger partial charge is 0.240 e. The minimum Gasteiger partial charge on any atom is -0.451 e. The molecule has 1 aromatic heterocycles. The summed E-state index contributed by atoms with van der Waals surface area (Å²) < 4.78 is 33.3. The van der Waals surface area contributed by atoms with Crippen molar-refractivity contribution in [3.63, 3.8) is 0 Å². The Balaban J connectivity index is 1.31. The number of carbonyl (C=O) groups is 1. The molecule has 1 amide bonds. The third kappa shape index (κ3) is 5.68. The van der Waals surface area contributed by atoms with Gasteiger partial charge in [-0.05, 0) is 43.4 Å². The molecule has 0 unspecified atom stereocenters. The van der Waals surface area contributed by atoms with Crippen LogP contribution in [0.2, 0.25) is 0 Å². The van der Waals surface area contributed by atoms with Gasteiger partial charge in [0.15, 0.2) is 6.39 Å². The molecular weight excluding hydrogens is 442 g/mol. The molecule has 33 heavy (non-hydrogen) atoms. The SMILES string of the molecule is O=C(N[C@H](CO)c1ccccc1)C1CCC(NS(=O)(=O)c2ccc(-c3cocn3)cc2)CC1. The van der Waals surface area contributed by atoms with E-state index in [9.17, 15) is 18.3 Å². The van der Waals surface area contributed by atoms with Gasteiger partial charge >= 0.3 is 0 Å². The van der Waals surface area contributed by atoms with Crippen molar-refractivity contribution < 1.29 is 22.7 Å². The monoisotopic (exact) mass is 469 g/mol. The predicted molar refractivity (Wildman–Crippen MR) is 122 cm³/mol. The molecule has 174 valence electrons. The average Bonchev–Trinajstić information content (AvgIpc) is 3.38. The van der Waals surface area contributed by atoms with Crippen LogP contribution in [0.3, 0.4) is 0 Å². The Morgan fingerprint density at radius 2 is 1.76 bits per heavy atom. The lowest BCUT2D eigenvalue weighted by atomic mass is 9.85. The molecule has 1 atom stereocenters. The summed E-state index contributed by atoms with van der Waals surface area (Å²) in [5, 5.41) is 12.6. The molecule has 3 aromatic rings. The van der Waals surface area contributed by atoms with Crippen LogP contribution in [0.4, 0.5) is 0 Å². The van der Waals surface area contributed by atoms with Gasteiger partial charge in [0.05, 0.1) is 17.5 Å². The van der Waals surface area contributed by atoms with Crippen molar-refractivity contribution in [1.82, 2.24) is 15.0 Å². The van der Waals surface area contributed by atoms with E-state index in [1.807, 2.05) is 30.3 Å². The zero-order valence-corrected chi connectivity index (χ0v) is 18.9. The van der Waals surface area contributed by atoms with Gasteiger partial charge in [-0.1, -0.05) is 42.5 Å². The minimum absolute atomic E-state index is 0.109. The largest absolute Gasteiger partial charge is 0.451 e. The van der Waals surface area contributed by atoms with E-state index in [1.54, 1.807) is 24.3 Å². The van der Waals surface area contributed by atoms with Crippen molar-refractivity contribution in [3.05, 3.63) is 72.8 Å². The number of aliphatic hydroxyl groups excluding tert-OH is 1. The second-order valence-corrected chi connectivity index (χ2v) is 9.94. The van der Waals surface area contributed by atoms with Crippen LogP contribution in [0.5, 0.6) is 0 Å². The summed E-state index contributed by atoms with van der Waals surface area (Å²) in [5.74, 6) is -0.312. The van der Waals surface area contributed by atoms with E-state index in [1.165, 1.54) is 12.7 Å². The van der Waals surface area contributed by atoms with Gasteiger partial charge < -0.3 is 14.8 Å². The molecule has 1 aliphatic carbocycles. The maximum atomic E-state index is 12.8. The average molecular weight is 470 g/mol. The predicted octanol–water partition coefficient (Wildman–Crippen LogP) is 3.03. The van der Waals surface area contributed by atoms with Gasteiger partial charge in [-0.3, -0.25) is 4.79 Å². The Morgan fingerprint density at radius 3 is 2.36 bits per heavy atom. The van der Waals surface area contributed by atoms with Gasteiger partial charge in [0.2, 0.25) is 15.9 Å². The highest BCUT2D eigenvalue weighted by Crippen LogP contribution is 2.27. The van der Waals surface area contributed by atoms with Gasteiger partial charge in [-0.15, -0.1) is 0 Å². The van der Waals surface area contributed by atoms with Gasteiger partial charge in [-0.2, -0.15) is 0 Å². The first-order chi connectivity index (χ1) is 16.0. The molecule has 2 aromatic carbocycles. The molecule has 0 aliphatic heterocycles. The van der Waals surface area contributed by atoms with E-state index in [0.717, 1.165) is 11.1 Å². The highest BCUT2D eigenvalue weighted by atomic mass is 32.2. The molecule has 1 heterocycles. The van der Waals surface area contributed by atoms with Crippen LogP contribution in [0.15, 0.2) is 76.6 Å². The Morgan fingerprint density at radius 1 is 1.06 bits per heavy atom. The second kappa shape index (κ2) is 10.3. The second-order valence-electron chi connectivity index (χ2n) is 8.22. The van der Waals surface area contributed by atoms with Gasteiger partial charge in [-0.25, -0.2) is 18.1 Å². The fourth-order valence-electron chi connectivity index (χ4n) is 4.13. The van der Waals surface area contributed by atoms with E-state index >= 15 is 0 Å². The van der Waals surface area contributed by atoms with E-state index in [2.05, 4.69) is 15.0 Å². The van der Waals surface area contributed by atoms with Crippen LogP contribution in [0.1, 0.15) is 37.3 Å². The highest BCUT2D eigenvalue weighted by molar-refractivity contribution is 7.89. The molecule has 1 fully saturated rings. The number of aliphatic hydroxyl groups is 1. The summed E-state index contributed by atoms with van der Waals surface area (Å²) >= 11 is 0. The number of nitrogens with zero attached hydrogens (tertiary/aromatic N) is 1. The standard InChI is InChI=1S/C24H27N3O5S/c28-14-22(17-4-2-1-3-5-17)26-24(29)19-6-10-20(11-7-19)27-33(30,31)21-12-8-18(9-13-21)23-15-32-16-25-23/h1-5,8-9,12-13,15-16,19-20,22,27-28H,6-7,10-11,14H2,(H,26,29)/t19?,20?,22-/m1/s1. The fourth-order valence-corrected chi connectivity index (χ4v) is 5.44. The first-order valence-electron chi connectivity index (χ1n) is 10.9. The number of carbonyl (C=O) groups excluding carboxylic acids is 1. The number of amides is 1. The van der Waals surface area contributed by atoms with E-state index < -0.39 is 16.1 Å². The third-order valence-electron chi connectivity index (χ3n) is 6.01. The van der Waals surface area contributed by atoms with Crippen molar-refractivity contribution in [3.8, 4) is 11.3 Å². The molecule has 0 radical (unpaired) electrons. The molecule has 0 spiro atoms. The lowest BCUT2D eigenvalue weighted by Gasteiger charge is -2.29. The van der Waals surface area contributed by atoms with Crippen LogP contribution in [0, 0.1) is 5.92 Å². The minimum atomic E-state index is -3.67. The van der Waals surface area contributed by atoms with Crippen LogP contribution in [-0.2, 0) is 14.8 Å². The van der Waals surface area contributed by atoms with E-state index in [0.29, 0.717) is 31.4 Å². The van der Waals surface area contributed by atoms with Crippen LogP contribution < -0.4 is 10.0 Å². The molecule has 0 bridgehead atoms. The van der Waals surface area contributed by atoms with Gasteiger partial charge in [0.1, 0.15) is 12.0 Å². The maximum Gasteiger partial charge on any atom is 0.240 e. The summed E-state index contributed by atoms with van der Waals surface area (Å²) in [6, 6.07) is 15.1. The number of hydrogen-bond acceptors (Lipinski definition) is 6. The van der Waals surface area contributed by atoms with Crippen molar-refractivity contribution in [1.29, 1.82) is 0 Å². The molecule has 4 rings (SSSR count). The number of rotatable bonds is 8. The molecule has 1 aliphatic rings. The molecule has 1 saturated carbocycles. The topological polar surface area (TPSA) is 122 Å². The lowest BCUT2D eigenvalue weighted by molar-refractivity contribution is -0.127. The molecule has 0 saturated heterocycles. The summed E-state index contributed by atoms with van der Waals surface area (Å²) in [5.41, 5.74) is 2.26. The molecule has 3 N–H and O–H groups in total. The third-order valence-corrected chi connectivity index (χ3v) is 7.55. The summed E-state index contributed by atoms with van der Waals surface area (Å²) in [4.78, 5) is 16.9. The Bertz CT molecular complexity index is 1140. The van der Waals surface area contributed by atoms with Crippen molar-refractivity contribution in [2.45, 2.75) is 42.7 Å². The Hall–Kier alpha value is -3.01. The number of hydrogen-bond donors (Lipinski definition) is 3. The van der Waals surface area contributed by atoms with Gasteiger partial charge in [0.25, 0.3) is 0 Å². The van der Waals surface area contributed by atoms with Crippen molar-refractivity contribution in [2.24, 2.45) is 5.92 Å². The first kappa shape index (κ1) is 23.2. The Labute approximate surface area is 193 Å². The number of benzene rings is 2. The fraction of sp³-hybridized carbons (Fsp3) is 0.333. The molecule has 8 nitrogen and oxygen atoms in total. The maximum absolute atomic E-state index is 12.8. The normalized spacial score (nSPS) is 19.7. The van der Waals surface area contributed by atoms with Crippen LogP contribution in [-0.4, -0.2) is 37.1 Å². The van der Waals surface area contributed by atoms with Crippen molar-refractivity contribution >= 4 is 15.9 Å². The van der Waals surface area contributed by atoms with Crippen molar-refractivity contribution in [2.75, 3.05) is 6.61 Å². The summed E-state index contributed by atoms with van der Waals surface area (Å²) in [6.45, 7) is -0.180. The van der Waals surface area contributed by atoms with E-state index in [4.69, 9.17) is 4.42 Å². The summed E-state index contributed by atoms with van der Waals surface area (Å²) in [7, 11) is -3.67. The Kier molecular flexibility index (Phi) is 7.22.